The predicted molar refractivity (Wildman–Crippen MR) is 85.3 cm³/mol. The number of hydrogen-bond donors (Lipinski definition) is 0. The molecule has 2 aliphatic heterocycles. The van der Waals surface area contributed by atoms with Crippen molar-refractivity contribution in [1.29, 1.82) is 0 Å². The van der Waals surface area contributed by atoms with Gasteiger partial charge in [-0.2, -0.15) is 4.31 Å². The van der Waals surface area contributed by atoms with Gasteiger partial charge in [-0.25, -0.2) is 12.8 Å². The minimum absolute atomic E-state index is 0.123. The van der Waals surface area contributed by atoms with Crippen LogP contribution in [0.5, 0.6) is 0 Å². The quantitative estimate of drug-likeness (QED) is 0.817. The number of likely N-dealkylation sites (N-methyl/N-ethyl adjacent to an activating group) is 1. The summed E-state index contributed by atoms with van der Waals surface area (Å²) in [7, 11) is -3.92. The number of rotatable bonds is 3. The molecule has 0 saturated carbocycles. The summed E-state index contributed by atoms with van der Waals surface area (Å²) >= 11 is 0. The number of carbonyl (C=O) groups excluding carboxylic acids is 1. The molecule has 132 valence electrons. The number of nitrogens with zero attached hydrogens (tertiary/aromatic N) is 2. The van der Waals surface area contributed by atoms with Gasteiger partial charge in [-0.05, 0) is 38.0 Å². The van der Waals surface area contributed by atoms with Gasteiger partial charge in [0.15, 0.2) is 0 Å². The summed E-state index contributed by atoms with van der Waals surface area (Å²) in [4.78, 5) is 14.2. The molecule has 8 heteroatoms. The Morgan fingerprint density at radius 3 is 2.62 bits per heavy atom. The van der Waals surface area contributed by atoms with E-state index in [0.717, 1.165) is 6.07 Å². The Morgan fingerprint density at radius 1 is 1.29 bits per heavy atom. The van der Waals surface area contributed by atoms with Crippen LogP contribution >= 0.6 is 0 Å². The number of hydrogen-bond acceptors (Lipinski definition) is 4. The zero-order valence-electron chi connectivity index (χ0n) is 13.6. The Labute approximate surface area is 141 Å². The van der Waals surface area contributed by atoms with Gasteiger partial charge >= 0.3 is 0 Å². The van der Waals surface area contributed by atoms with Crippen LogP contribution in [0.15, 0.2) is 29.2 Å². The zero-order valence-corrected chi connectivity index (χ0v) is 14.4. The Bertz CT molecular complexity index is 731. The minimum atomic E-state index is -3.92. The number of carbonyl (C=O) groups is 1. The molecule has 1 aromatic rings. The largest absolute Gasteiger partial charge is 0.381 e. The lowest BCUT2D eigenvalue weighted by atomic mass is 9.86. The molecule has 2 heterocycles. The van der Waals surface area contributed by atoms with Crippen LogP contribution in [-0.4, -0.2) is 61.9 Å². The first-order valence-electron chi connectivity index (χ1n) is 8.03. The van der Waals surface area contributed by atoms with Gasteiger partial charge < -0.3 is 9.64 Å². The molecule has 2 saturated heterocycles. The van der Waals surface area contributed by atoms with E-state index in [4.69, 9.17) is 4.74 Å². The average Bonchev–Trinajstić information content (AvgIpc) is 2.55. The standard InChI is InChI=1S/C16H21FN2O4S/c1-2-19-15(20)11-18(12-16(19)6-8-23-9-7-16)24(21,22)14-5-3-4-13(17)10-14/h3-5,10H,2,6-9,11-12H2,1H3. The van der Waals surface area contributed by atoms with Crippen molar-refractivity contribution in [3.8, 4) is 0 Å². The average molecular weight is 356 g/mol. The van der Waals surface area contributed by atoms with Crippen LogP contribution in [0.3, 0.4) is 0 Å². The van der Waals surface area contributed by atoms with E-state index in [2.05, 4.69) is 0 Å². The molecule has 3 rings (SSSR count). The molecule has 1 aromatic carbocycles. The van der Waals surface area contributed by atoms with E-state index >= 15 is 0 Å². The Hall–Kier alpha value is -1.51. The lowest BCUT2D eigenvalue weighted by molar-refractivity contribution is -0.149. The number of benzene rings is 1. The second kappa shape index (κ2) is 6.42. The number of piperazine rings is 1. The number of amides is 1. The van der Waals surface area contributed by atoms with Gasteiger partial charge in [-0.15, -0.1) is 0 Å². The summed E-state index contributed by atoms with van der Waals surface area (Å²) < 4.78 is 45.7. The highest BCUT2D eigenvalue weighted by molar-refractivity contribution is 7.89. The maximum atomic E-state index is 13.4. The van der Waals surface area contributed by atoms with Crippen LogP contribution in [0.4, 0.5) is 4.39 Å². The highest BCUT2D eigenvalue weighted by Gasteiger charge is 2.48. The predicted octanol–water partition coefficient (Wildman–Crippen LogP) is 1.23. The second-order valence-electron chi connectivity index (χ2n) is 6.21. The molecule has 0 bridgehead atoms. The van der Waals surface area contributed by atoms with Crippen LogP contribution in [0.2, 0.25) is 0 Å². The van der Waals surface area contributed by atoms with Crippen LogP contribution in [0, 0.1) is 5.82 Å². The van der Waals surface area contributed by atoms with Gasteiger partial charge in [0, 0.05) is 26.3 Å². The first-order valence-corrected chi connectivity index (χ1v) is 9.47. The van der Waals surface area contributed by atoms with Crippen molar-refractivity contribution in [2.24, 2.45) is 0 Å². The van der Waals surface area contributed by atoms with Crippen molar-refractivity contribution in [3.05, 3.63) is 30.1 Å². The molecule has 1 amide bonds. The minimum Gasteiger partial charge on any atom is -0.381 e. The van der Waals surface area contributed by atoms with Crippen LogP contribution in [-0.2, 0) is 19.6 Å². The third-order valence-electron chi connectivity index (χ3n) is 4.83. The van der Waals surface area contributed by atoms with Gasteiger partial charge in [0.05, 0.1) is 17.0 Å². The number of sulfonamides is 1. The van der Waals surface area contributed by atoms with Crippen molar-refractivity contribution in [2.75, 3.05) is 32.8 Å². The van der Waals surface area contributed by atoms with Crippen molar-refractivity contribution in [3.63, 3.8) is 0 Å². The molecule has 0 radical (unpaired) electrons. The fraction of sp³-hybridized carbons (Fsp3) is 0.562. The van der Waals surface area contributed by atoms with Crippen molar-refractivity contribution in [2.45, 2.75) is 30.2 Å². The van der Waals surface area contributed by atoms with Gasteiger partial charge in [0.2, 0.25) is 15.9 Å². The molecule has 0 N–H and O–H groups in total. The highest BCUT2D eigenvalue weighted by Crippen LogP contribution is 2.34. The Kier molecular flexibility index (Phi) is 4.63. The summed E-state index contributed by atoms with van der Waals surface area (Å²) in [6.07, 6.45) is 1.20. The molecule has 6 nitrogen and oxygen atoms in total. The fourth-order valence-electron chi connectivity index (χ4n) is 3.61. The molecule has 0 unspecified atom stereocenters. The Balaban J connectivity index is 1.96. The molecular formula is C16H21FN2O4S. The summed E-state index contributed by atoms with van der Waals surface area (Å²) in [5.74, 6) is -0.832. The molecule has 0 aromatic heterocycles. The van der Waals surface area contributed by atoms with Crippen LogP contribution in [0.1, 0.15) is 19.8 Å². The molecule has 2 aliphatic rings. The number of halogens is 1. The van der Waals surface area contributed by atoms with E-state index in [-0.39, 0.29) is 23.9 Å². The molecule has 1 spiro atoms. The summed E-state index contributed by atoms with van der Waals surface area (Å²) in [6, 6.07) is 4.89. The zero-order chi connectivity index (χ0) is 17.4. The molecule has 24 heavy (non-hydrogen) atoms. The van der Waals surface area contributed by atoms with E-state index in [1.807, 2.05) is 6.92 Å². The molecule has 0 aliphatic carbocycles. The van der Waals surface area contributed by atoms with Crippen LogP contribution < -0.4 is 0 Å². The van der Waals surface area contributed by atoms with E-state index in [1.165, 1.54) is 22.5 Å². The summed E-state index contributed by atoms with van der Waals surface area (Å²) in [5, 5.41) is 0. The first kappa shape index (κ1) is 17.3. The molecular weight excluding hydrogens is 335 g/mol. The van der Waals surface area contributed by atoms with E-state index in [1.54, 1.807) is 4.90 Å². The summed E-state index contributed by atoms with van der Waals surface area (Å²) in [6.45, 7) is 3.43. The number of ether oxygens (including phenoxy) is 1. The SMILES string of the molecule is CCN1C(=O)CN(S(=O)(=O)c2cccc(F)c2)CC12CCOCC2. The maximum absolute atomic E-state index is 13.4. The monoisotopic (exact) mass is 356 g/mol. The third-order valence-corrected chi connectivity index (χ3v) is 6.62. The second-order valence-corrected chi connectivity index (χ2v) is 8.14. The lowest BCUT2D eigenvalue weighted by Crippen LogP contribution is -2.67. The normalized spacial score (nSPS) is 22.1. The maximum Gasteiger partial charge on any atom is 0.243 e. The van der Waals surface area contributed by atoms with Gasteiger partial charge in [-0.3, -0.25) is 4.79 Å². The van der Waals surface area contributed by atoms with E-state index in [9.17, 15) is 17.6 Å². The Morgan fingerprint density at radius 2 is 2.00 bits per heavy atom. The van der Waals surface area contributed by atoms with Gasteiger partial charge in [0.1, 0.15) is 5.82 Å². The first-order chi connectivity index (χ1) is 11.4. The van der Waals surface area contributed by atoms with Gasteiger partial charge in [-0.1, -0.05) is 6.07 Å². The topological polar surface area (TPSA) is 66.9 Å². The van der Waals surface area contributed by atoms with E-state index in [0.29, 0.717) is 32.6 Å². The van der Waals surface area contributed by atoms with Crippen LogP contribution in [0.25, 0.3) is 0 Å². The van der Waals surface area contributed by atoms with Gasteiger partial charge in [0.25, 0.3) is 0 Å². The summed E-state index contributed by atoms with van der Waals surface area (Å²) in [5.41, 5.74) is -0.539. The fourth-order valence-corrected chi connectivity index (χ4v) is 5.11. The third kappa shape index (κ3) is 2.94. The van der Waals surface area contributed by atoms with Crippen molar-refractivity contribution >= 4 is 15.9 Å². The van der Waals surface area contributed by atoms with Crippen molar-refractivity contribution in [1.82, 2.24) is 9.21 Å². The smallest absolute Gasteiger partial charge is 0.243 e. The van der Waals surface area contributed by atoms with Crippen molar-refractivity contribution < 1.29 is 22.3 Å². The molecule has 2 fully saturated rings. The molecule has 0 atom stereocenters. The van der Waals surface area contributed by atoms with E-state index < -0.39 is 21.4 Å². The lowest BCUT2D eigenvalue weighted by Gasteiger charge is -2.51. The highest BCUT2D eigenvalue weighted by atomic mass is 32.2.